The van der Waals surface area contributed by atoms with Crippen LogP contribution in [0, 0.1) is 0 Å². The third-order valence-electron chi connectivity index (χ3n) is 2.23. The number of urea groups is 1. The van der Waals surface area contributed by atoms with Crippen molar-refractivity contribution in [3.8, 4) is 5.75 Å². The summed E-state index contributed by atoms with van der Waals surface area (Å²) < 4.78 is 5.92. The van der Waals surface area contributed by atoms with Crippen molar-refractivity contribution in [3.05, 3.63) is 22.7 Å². The molecule has 17 heavy (non-hydrogen) atoms. The van der Waals surface area contributed by atoms with Gasteiger partial charge < -0.3 is 15.4 Å². The predicted octanol–water partition coefficient (Wildman–Crippen LogP) is 3.38. The summed E-state index contributed by atoms with van der Waals surface area (Å²) in [5.74, 6) is 0.738. The number of nitrogens with one attached hydrogen (secondary N) is 2. The van der Waals surface area contributed by atoms with E-state index in [0.717, 1.165) is 28.8 Å². The molecule has 1 rings (SSSR count). The minimum absolute atomic E-state index is 0.185. The van der Waals surface area contributed by atoms with Crippen molar-refractivity contribution in [3.63, 3.8) is 0 Å². The summed E-state index contributed by atoms with van der Waals surface area (Å²) in [7, 11) is 1.60. The molecule has 0 aliphatic rings. The maximum absolute atomic E-state index is 11.5. The number of rotatable bonds is 5. The van der Waals surface area contributed by atoms with Crippen molar-refractivity contribution >= 4 is 27.6 Å². The fraction of sp³-hybridized carbons (Fsp3) is 0.417. The van der Waals surface area contributed by atoms with E-state index in [1.165, 1.54) is 0 Å². The Morgan fingerprint density at radius 1 is 1.47 bits per heavy atom. The third-order valence-corrected chi connectivity index (χ3v) is 2.85. The summed E-state index contributed by atoms with van der Waals surface area (Å²) in [5.41, 5.74) is 0.728. The van der Waals surface area contributed by atoms with Gasteiger partial charge in [-0.2, -0.15) is 0 Å². The van der Waals surface area contributed by atoms with Crippen LogP contribution in [0.2, 0.25) is 0 Å². The summed E-state index contributed by atoms with van der Waals surface area (Å²) in [6, 6.07) is 5.21. The number of hydrogen-bond acceptors (Lipinski definition) is 2. The molecule has 0 saturated heterocycles. The monoisotopic (exact) mass is 300 g/mol. The van der Waals surface area contributed by atoms with Gasteiger partial charge in [0.1, 0.15) is 5.75 Å². The van der Waals surface area contributed by atoms with E-state index < -0.39 is 0 Å². The van der Waals surface area contributed by atoms with Crippen LogP contribution in [0.3, 0.4) is 0 Å². The molecular weight excluding hydrogens is 284 g/mol. The van der Waals surface area contributed by atoms with Crippen LogP contribution in [0.25, 0.3) is 0 Å². The van der Waals surface area contributed by atoms with Crippen molar-refractivity contribution in [2.75, 3.05) is 19.0 Å². The van der Waals surface area contributed by atoms with Gasteiger partial charge in [-0.3, -0.25) is 0 Å². The minimum Gasteiger partial charge on any atom is -0.496 e. The van der Waals surface area contributed by atoms with Gasteiger partial charge in [0.2, 0.25) is 0 Å². The highest BCUT2D eigenvalue weighted by Gasteiger charge is 2.04. The second-order valence-electron chi connectivity index (χ2n) is 3.58. The predicted molar refractivity (Wildman–Crippen MR) is 72.6 cm³/mol. The number of benzene rings is 1. The van der Waals surface area contributed by atoms with E-state index in [2.05, 4.69) is 33.5 Å². The van der Waals surface area contributed by atoms with E-state index in [0.29, 0.717) is 6.54 Å². The number of hydrogen-bond donors (Lipinski definition) is 2. The van der Waals surface area contributed by atoms with Gasteiger partial charge in [-0.1, -0.05) is 13.3 Å². The Morgan fingerprint density at radius 2 is 2.24 bits per heavy atom. The lowest BCUT2D eigenvalue weighted by Crippen LogP contribution is -2.29. The Kier molecular flexibility index (Phi) is 5.83. The highest BCUT2D eigenvalue weighted by Crippen LogP contribution is 2.27. The average Bonchev–Trinajstić information content (AvgIpc) is 2.29. The van der Waals surface area contributed by atoms with Gasteiger partial charge in [-0.15, -0.1) is 0 Å². The second kappa shape index (κ2) is 7.17. The lowest BCUT2D eigenvalue weighted by atomic mass is 10.3. The number of carbonyl (C=O) groups excluding carboxylic acids is 1. The van der Waals surface area contributed by atoms with Crippen LogP contribution in [-0.2, 0) is 0 Å². The largest absolute Gasteiger partial charge is 0.496 e. The zero-order valence-electron chi connectivity index (χ0n) is 10.0. The molecule has 0 radical (unpaired) electrons. The molecule has 0 aliphatic heterocycles. The van der Waals surface area contributed by atoms with E-state index >= 15 is 0 Å². The van der Waals surface area contributed by atoms with Crippen LogP contribution in [0.4, 0.5) is 10.5 Å². The molecule has 0 saturated carbocycles. The van der Waals surface area contributed by atoms with Crippen LogP contribution in [0.15, 0.2) is 22.7 Å². The minimum atomic E-state index is -0.185. The zero-order chi connectivity index (χ0) is 12.7. The first kappa shape index (κ1) is 13.8. The molecule has 0 heterocycles. The SMILES string of the molecule is CCCCNC(=O)Nc1ccc(OC)c(Br)c1. The number of unbranched alkanes of at least 4 members (excludes halogenated alkanes) is 1. The van der Waals surface area contributed by atoms with Crippen molar-refractivity contribution in [2.45, 2.75) is 19.8 Å². The maximum atomic E-state index is 11.5. The Labute approximate surface area is 110 Å². The first-order valence-corrected chi connectivity index (χ1v) is 6.35. The fourth-order valence-corrected chi connectivity index (χ4v) is 1.84. The number of methoxy groups -OCH3 is 1. The Balaban J connectivity index is 2.51. The van der Waals surface area contributed by atoms with Gasteiger partial charge in [-0.25, -0.2) is 4.79 Å². The van der Waals surface area contributed by atoms with Crippen LogP contribution >= 0.6 is 15.9 Å². The second-order valence-corrected chi connectivity index (χ2v) is 4.44. The van der Waals surface area contributed by atoms with Crippen molar-refractivity contribution < 1.29 is 9.53 Å². The molecule has 2 N–H and O–H groups in total. The molecule has 0 fully saturated rings. The Hall–Kier alpha value is -1.23. The smallest absolute Gasteiger partial charge is 0.319 e. The molecule has 0 aliphatic carbocycles. The molecule has 4 nitrogen and oxygen atoms in total. The third kappa shape index (κ3) is 4.65. The number of anilines is 1. The lowest BCUT2D eigenvalue weighted by molar-refractivity contribution is 0.252. The van der Waals surface area contributed by atoms with E-state index in [4.69, 9.17) is 4.74 Å². The standard InChI is InChI=1S/C12H17BrN2O2/c1-3-4-7-14-12(16)15-9-5-6-11(17-2)10(13)8-9/h5-6,8H,3-4,7H2,1-2H3,(H2,14,15,16). The van der Waals surface area contributed by atoms with E-state index in [1.807, 2.05) is 0 Å². The van der Waals surface area contributed by atoms with Gasteiger partial charge in [0.05, 0.1) is 11.6 Å². The normalized spacial score (nSPS) is 9.82. The summed E-state index contributed by atoms with van der Waals surface area (Å²) in [4.78, 5) is 11.5. The van der Waals surface area contributed by atoms with E-state index in [-0.39, 0.29) is 6.03 Å². The average molecular weight is 301 g/mol. The molecular formula is C12H17BrN2O2. The summed E-state index contributed by atoms with van der Waals surface area (Å²) in [5, 5.41) is 5.54. The van der Waals surface area contributed by atoms with Gasteiger partial charge in [0, 0.05) is 12.2 Å². The van der Waals surface area contributed by atoms with Crippen LogP contribution in [0.1, 0.15) is 19.8 Å². The van der Waals surface area contributed by atoms with Crippen molar-refractivity contribution in [1.29, 1.82) is 0 Å². The zero-order valence-corrected chi connectivity index (χ0v) is 11.6. The van der Waals surface area contributed by atoms with Crippen molar-refractivity contribution in [2.24, 2.45) is 0 Å². The van der Waals surface area contributed by atoms with Crippen LogP contribution < -0.4 is 15.4 Å². The Bertz CT molecular complexity index is 383. The van der Waals surface area contributed by atoms with E-state index in [9.17, 15) is 4.79 Å². The van der Waals surface area contributed by atoms with E-state index in [1.54, 1.807) is 25.3 Å². The molecule has 5 heteroatoms. The molecule has 2 amide bonds. The molecule has 0 unspecified atom stereocenters. The fourth-order valence-electron chi connectivity index (χ4n) is 1.30. The molecule has 94 valence electrons. The van der Waals surface area contributed by atoms with Gasteiger partial charge in [0.15, 0.2) is 0 Å². The number of ether oxygens (including phenoxy) is 1. The van der Waals surface area contributed by atoms with Gasteiger partial charge >= 0.3 is 6.03 Å². The molecule has 0 aromatic heterocycles. The quantitative estimate of drug-likeness (QED) is 0.819. The van der Waals surface area contributed by atoms with Crippen LogP contribution in [-0.4, -0.2) is 19.7 Å². The van der Waals surface area contributed by atoms with Crippen LogP contribution in [0.5, 0.6) is 5.75 Å². The number of halogens is 1. The molecule has 0 spiro atoms. The summed E-state index contributed by atoms with van der Waals surface area (Å²) in [6.45, 7) is 2.78. The first-order chi connectivity index (χ1) is 8.17. The highest BCUT2D eigenvalue weighted by atomic mass is 79.9. The molecule has 1 aromatic rings. The first-order valence-electron chi connectivity index (χ1n) is 5.55. The number of carbonyl (C=O) groups is 1. The molecule has 1 aromatic carbocycles. The van der Waals surface area contributed by atoms with Crippen molar-refractivity contribution in [1.82, 2.24) is 5.32 Å². The summed E-state index contributed by atoms with van der Waals surface area (Å²) >= 11 is 3.36. The molecule has 0 bridgehead atoms. The lowest BCUT2D eigenvalue weighted by Gasteiger charge is -2.09. The Morgan fingerprint density at radius 3 is 2.82 bits per heavy atom. The van der Waals surface area contributed by atoms with Gasteiger partial charge in [0.25, 0.3) is 0 Å². The van der Waals surface area contributed by atoms with Gasteiger partial charge in [-0.05, 0) is 40.5 Å². The number of amides is 2. The maximum Gasteiger partial charge on any atom is 0.319 e. The molecule has 0 atom stereocenters. The highest BCUT2D eigenvalue weighted by molar-refractivity contribution is 9.10. The summed E-state index contributed by atoms with van der Waals surface area (Å²) in [6.07, 6.45) is 2.05. The topological polar surface area (TPSA) is 50.4 Å².